The van der Waals surface area contributed by atoms with Crippen LogP contribution in [0.4, 0.5) is 12.9 Å². The molecule has 0 aromatic heterocycles. The minimum absolute atomic E-state index is 0.0101. The van der Waals surface area contributed by atoms with Crippen LogP contribution in [-0.2, 0) is 11.3 Å². The van der Waals surface area contributed by atoms with E-state index in [1.807, 2.05) is 30.3 Å². The molecule has 1 aromatic rings. The van der Waals surface area contributed by atoms with E-state index in [4.69, 9.17) is 4.74 Å². The summed E-state index contributed by atoms with van der Waals surface area (Å²) in [5.74, 6) is 0.324. The quantitative estimate of drug-likeness (QED) is 0.701. The first-order chi connectivity index (χ1) is 7.47. The molecule has 1 aromatic carbocycles. The van der Waals surface area contributed by atoms with Gasteiger partial charge in [0.1, 0.15) is 0 Å². The molecule has 0 saturated heterocycles. The van der Waals surface area contributed by atoms with E-state index in [0.29, 0.717) is 12.6 Å². The molecule has 0 aliphatic rings. The Morgan fingerprint density at radius 2 is 1.88 bits per heavy atom. The molecular formula is C11H13BF3O-. The third-order valence-corrected chi connectivity index (χ3v) is 1.91. The minimum atomic E-state index is -4.86. The number of ether oxygens (including phenoxy) is 1. The van der Waals surface area contributed by atoms with Crippen molar-refractivity contribution < 1.29 is 17.7 Å². The van der Waals surface area contributed by atoms with Crippen molar-refractivity contribution in [2.45, 2.75) is 13.5 Å². The van der Waals surface area contributed by atoms with Crippen LogP contribution in [0.25, 0.3) is 0 Å². The van der Waals surface area contributed by atoms with Gasteiger partial charge in [-0.3, -0.25) is 0 Å². The van der Waals surface area contributed by atoms with Crippen LogP contribution in [0.15, 0.2) is 41.9 Å². The summed E-state index contributed by atoms with van der Waals surface area (Å²) in [5.41, 5.74) is 1.15. The topological polar surface area (TPSA) is 9.23 Å². The Balaban J connectivity index is 2.34. The van der Waals surface area contributed by atoms with E-state index in [1.54, 1.807) is 0 Å². The Labute approximate surface area is 93.0 Å². The van der Waals surface area contributed by atoms with Crippen LogP contribution < -0.4 is 0 Å². The number of rotatable bonds is 5. The van der Waals surface area contributed by atoms with Gasteiger partial charge in [0, 0.05) is 0 Å². The van der Waals surface area contributed by atoms with Crippen LogP contribution in [0, 0.1) is 0 Å². The lowest BCUT2D eigenvalue weighted by Gasteiger charge is -2.11. The normalized spacial score (nSPS) is 12.9. The molecule has 1 nitrogen and oxygen atoms in total. The minimum Gasteiger partial charge on any atom is -0.445 e. The molecule has 1 rings (SSSR count). The van der Waals surface area contributed by atoms with Crippen molar-refractivity contribution in [3.8, 4) is 0 Å². The van der Waals surface area contributed by atoms with Crippen molar-refractivity contribution in [1.29, 1.82) is 0 Å². The highest BCUT2D eigenvalue weighted by Gasteiger charge is 2.18. The summed E-state index contributed by atoms with van der Waals surface area (Å²) in [6.45, 7) is -3.10. The molecule has 16 heavy (non-hydrogen) atoms. The Bertz CT molecular complexity index is 346. The van der Waals surface area contributed by atoms with Gasteiger partial charge >= 0.3 is 6.98 Å². The average Bonchev–Trinajstić information content (AvgIpc) is 2.16. The lowest BCUT2D eigenvalue weighted by Crippen LogP contribution is -2.12. The molecule has 0 saturated carbocycles. The SMILES string of the molecule is C/C(=C\[B-](F)(F)F)COCc1ccccc1. The van der Waals surface area contributed by atoms with Crippen molar-refractivity contribution in [3.05, 3.63) is 47.4 Å². The zero-order valence-corrected chi connectivity index (χ0v) is 9.00. The molecule has 0 heterocycles. The third-order valence-electron chi connectivity index (χ3n) is 1.91. The predicted molar refractivity (Wildman–Crippen MR) is 58.9 cm³/mol. The van der Waals surface area contributed by atoms with Crippen molar-refractivity contribution in [1.82, 2.24) is 0 Å². The summed E-state index contributed by atoms with van der Waals surface area (Å²) >= 11 is 0. The monoisotopic (exact) mass is 229 g/mol. The zero-order valence-electron chi connectivity index (χ0n) is 9.00. The average molecular weight is 229 g/mol. The molecule has 0 amide bonds. The second-order valence-electron chi connectivity index (χ2n) is 3.62. The van der Waals surface area contributed by atoms with Gasteiger partial charge in [-0.15, -0.1) is 5.98 Å². The van der Waals surface area contributed by atoms with E-state index >= 15 is 0 Å². The molecule has 0 fully saturated rings. The van der Waals surface area contributed by atoms with E-state index in [-0.39, 0.29) is 12.2 Å². The Kier molecular flexibility index (Phi) is 4.61. The lowest BCUT2D eigenvalue weighted by molar-refractivity contribution is 0.142. The predicted octanol–water partition coefficient (Wildman–Crippen LogP) is 3.54. The van der Waals surface area contributed by atoms with Crippen LogP contribution >= 0.6 is 0 Å². The van der Waals surface area contributed by atoms with Gasteiger partial charge in [-0.05, 0) is 12.5 Å². The van der Waals surface area contributed by atoms with E-state index in [9.17, 15) is 12.9 Å². The number of halogens is 3. The van der Waals surface area contributed by atoms with Crippen LogP contribution in [0.5, 0.6) is 0 Å². The first-order valence-electron chi connectivity index (χ1n) is 4.97. The van der Waals surface area contributed by atoms with Crippen LogP contribution in [0.2, 0.25) is 0 Å². The zero-order chi connectivity index (χ0) is 12.0. The van der Waals surface area contributed by atoms with Crippen LogP contribution in [0.3, 0.4) is 0 Å². The fraction of sp³-hybridized carbons (Fsp3) is 0.273. The van der Waals surface area contributed by atoms with Crippen molar-refractivity contribution >= 4 is 6.98 Å². The van der Waals surface area contributed by atoms with Crippen LogP contribution in [0.1, 0.15) is 12.5 Å². The highest BCUT2D eigenvalue weighted by atomic mass is 19.4. The molecule has 88 valence electrons. The molecule has 0 N–H and O–H groups in total. The molecule has 0 spiro atoms. The molecule has 0 bridgehead atoms. The Morgan fingerprint density at radius 1 is 1.25 bits per heavy atom. The third kappa shape index (κ3) is 5.61. The van der Waals surface area contributed by atoms with E-state index in [1.165, 1.54) is 6.92 Å². The van der Waals surface area contributed by atoms with Gasteiger partial charge in [0.2, 0.25) is 0 Å². The maximum atomic E-state index is 12.0. The van der Waals surface area contributed by atoms with E-state index in [2.05, 4.69) is 0 Å². The summed E-state index contributed by atoms with van der Waals surface area (Å²) in [6, 6.07) is 9.33. The molecule has 0 aliphatic carbocycles. The summed E-state index contributed by atoms with van der Waals surface area (Å²) in [6.07, 6.45) is 0. The second kappa shape index (κ2) is 5.75. The summed E-state index contributed by atoms with van der Waals surface area (Å²) in [7, 11) is 0. The number of hydrogen-bond acceptors (Lipinski definition) is 1. The van der Waals surface area contributed by atoms with Gasteiger partial charge in [0.05, 0.1) is 13.2 Å². The highest BCUT2D eigenvalue weighted by molar-refractivity contribution is 6.64. The highest BCUT2D eigenvalue weighted by Crippen LogP contribution is 2.13. The molecule has 0 unspecified atom stereocenters. The summed E-state index contributed by atoms with van der Waals surface area (Å²) < 4.78 is 41.1. The maximum absolute atomic E-state index is 12.0. The standard InChI is InChI=1S/C11H13BF3O/c1-10(7-12(13,14)15)8-16-9-11-5-3-2-4-6-11/h2-7H,8-9H2,1H3/q-1/b10-7+. The smallest absolute Gasteiger partial charge is 0.445 e. The van der Waals surface area contributed by atoms with Gasteiger partial charge in [-0.2, -0.15) is 0 Å². The van der Waals surface area contributed by atoms with Gasteiger partial charge in [-0.1, -0.05) is 35.9 Å². The molecule has 5 heteroatoms. The first-order valence-corrected chi connectivity index (χ1v) is 4.97. The van der Waals surface area contributed by atoms with E-state index in [0.717, 1.165) is 5.56 Å². The Hall–Kier alpha value is -1.23. The van der Waals surface area contributed by atoms with E-state index < -0.39 is 6.98 Å². The molecular weight excluding hydrogens is 216 g/mol. The van der Waals surface area contributed by atoms with Gasteiger partial charge in [-0.25, -0.2) is 0 Å². The summed E-state index contributed by atoms with van der Waals surface area (Å²) in [5, 5.41) is 0. The van der Waals surface area contributed by atoms with Crippen molar-refractivity contribution in [2.75, 3.05) is 6.61 Å². The fourth-order valence-corrected chi connectivity index (χ4v) is 1.27. The largest absolute Gasteiger partial charge is 0.502 e. The number of benzene rings is 1. The first kappa shape index (κ1) is 12.8. The molecule has 0 atom stereocenters. The second-order valence-corrected chi connectivity index (χ2v) is 3.62. The fourth-order valence-electron chi connectivity index (χ4n) is 1.27. The van der Waals surface area contributed by atoms with Gasteiger partial charge in [0.15, 0.2) is 0 Å². The maximum Gasteiger partial charge on any atom is 0.502 e. The van der Waals surface area contributed by atoms with Crippen molar-refractivity contribution in [2.24, 2.45) is 0 Å². The Morgan fingerprint density at radius 3 is 2.44 bits per heavy atom. The van der Waals surface area contributed by atoms with Crippen LogP contribution in [-0.4, -0.2) is 13.6 Å². The molecule has 0 radical (unpaired) electrons. The van der Waals surface area contributed by atoms with Crippen molar-refractivity contribution in [3.63, 3.8) is 0 Å². The number of hydrogen-bond donors (Lipinski definition) is 0. The summed E-state index contributed by atoms with van der Waals surface area (Å²) in [4.78, 5) is 0. The molecule has 0 aliphatic heterocycles. The van der Waals surface area contributed by atoms with Gasteiger partial charge < -0.3 is 17.7 Å². The lowest BCUT2D eigenvalue weighted by atomic mass is 9.89. The van der Waals surface area contributed by atoms with Gasteiger partial charge in [0.25, 0.3) is 0 Å².